The van der Waals surface area contributed by atoms with Gasteiger partial charge in [-0.1, -0.05) is 6.07 Å². The third kappa shape index (κ3) is 2.73. The van der Waals surface area contributed by atoms with Gasteiger partial charge in [0.25, 0.3) is 5.91 Å². The van der Waals surface area contributed by atoms with Gasteiger partial charge in [-0.25, -0.2) is 0 Å². The molecule has 2 N–H and O–H groups in total. The van der Waals surface area contributed by atoms with Crippen LogP contribution in [0.5, 0.6) is 0 Å². The maximum atomic E-state index is 12.5. The Kier molecular flexibility index (Phi) is 3.57. The summed E-state index contributed by atoms with van der Waals surface area (Å²) in [5, 5.41) is 0. The van der Waals surface area contributed by atoms with Crippen LogP contribution in [0.15, 0.2) is 18.2 Å². The number of nitrogen functional groups attached to an aromatic ring is 1. The van der Waals surface area contributed by atoms with Gasteiger partial charge in [-0.15, -0.1) is 0 Å². The van der Waals surface area contributed by atoms with Gasteiger partial charge in [0.15, 0.2) is 0 Å². The molecule has 5 heteroatoms. The third-order valence-corrected chi connectivity index (χ3v) is 4.28. The molecule has 0 unspecified atom stereocenters. The van der Waals surface area contributed by atoms with Gasteiger partial charge in [0.2, 0.25) is 5.91 Å². The average molecular weight is 287 g/mol. The fraction of sp³-hybridized carbons (Fsp3) is 0.500. The number of hydrogen-bond acceptors (Lipinski definition) is 3. The number of anilines is 1. The van der Waals surface area contributed by atoms with Crippen LogP contribution in [-0.4, -0.2) is 47.3 Å². The molecule has 3 rings (SSSR count). The van der Waals surface area contributed by atoms with Crippen molar-refractivity contribution in [2.45, 2.75) is 32.2 Å². The topological polar surface area (TPSA) is 66.6 Å². The van der Waals surface area contributed by atoms with Gasteiger partial charge in [-0.2, -0.15) is 0 Å². The lowest BCUT2D eigenvalue weighted by molar-refractivity contribution is -0.132. The van der Waals surface area contributed by atoms with Crippen molar-refractivity contribution >= 4 is 17.5 Å². The Bertz CT molecular complexity index is 581. The van der Waals surface area contributed by atoms with E-state index in [1.807, 2.05) is 24.0 Å². The van der Waals surface area contributed by atoms with Gasteiger partial charge in [0.05, 0.1) is 0 Å². The second-order valence-corrected chi connectivity index (χ2v) is 5.80. The number of carbonyl (C=O) groups excluding carboxylic acids is 2. The first kappa shape index (κ1) is 13.9. The summed E-state index contributed by atoms with van der Waals surface area (Å²) in [6, 6.07) is 5.83. The quantitative estimate of drug-likeness (QED) is 0.848. The monoisotopic (exact) mass is 287 g/mol. The Labute approximate surface area is 124 Å². The normalized spacial score (nSPS) is 17.6. The largest absolute Gasteiger partial charge is 0.399 e. The van der Waals surface area contributed by atoms with Crippen LogP contribution in [0.2, 0.25) is 0 Å². The zero-order chi connectivity index (χ0) is 15.0. The van der Waals surface area contributed by atoms with Crippen LogP contribution in [0, 0.1) is 0 Å². The van der Waals surface area contributed by atoms with Crippen LogP contribution in [0.3, 0.4) is 0 Å². The van der Waals surface area contributed by atoms with E-state index in [0.29, 0.717) is 23.8 Å². The number of rotatable bonds is 4. The molecular formula is C16H21N3O2. The minimum atomic E-state index is -0.0799. The van der Waals surface area contributed by atoms with Crippen molar-refractivity contribution in [3.8, 4) is 0 Å². The Morgan fingerprint density at radius 2 is 2.19 bits per heavy atom. The minimum absolute atomic E-state index is 0.0562. The molecule has 1 aliphatic heterocycles. The van der Waals surface area contributed by atoms with Crippen molar-refractivity contribution in [1.82, 2.24) is 9.80 Å². The molecule has 0 radical (unpaired) electrons. The number of fused-ring (bicyclic) bond motifs is 1. The van der Waals surface area contributed by atoms with E-state index >= 15 is 0 Å². The predicted octanol–water partition coefficient (Wildman–Crippen LogP) is 1.28. The summed E-state index contributed by atoms with van der Waals surface area (Å²) in [4.78, 5) is 28.4. The highest BCUT2D eigenvalue weighted by atomic mass is 16.2. The van der Waals surface area contributed by atoms with Gasteiger partial charge in [0, 0.05) is 30.4 Å². The van der Waals surface area contributed by atoms with E-state index < -0.39 is 0 Å². The van der Waals surface area contributed by atoms with E-state index in [2.05, 4.69) is 0 Å². The number of nitrogens with zero attached hydrogens (tertiary/aromatic N) is 2. The van der Waals surface area contributed by atoms with E-state index in [0.717, 1.165) is 31.4 Å². The lowest BCUT2D eigenvalue weighted by atomic mass is 9.98. The molecule has 0 atom stereocenters. The molecule has 1 heterocycles. The van der Waals surface area contributed by atoms with Gasteiger partial charge in [-0.3, -0.25) is 9.59 Å². The van der Waals surface area contributed by atoms with Crippen LogP contribution in [0.4, 0.5) is 5.69 Å². The lowest BCUT2D eigenvalue weighted by Crippen LogP contribution is -2.46. The minimum Gasteiger partial charge on any atom is -0.399 e. The second kappa shape index (κ2) is 5.39. The molecule has 1 aliphatic carbocycles. The van der Waals surface area contributed by atoms with E-state index in [4.69, 9.17) is 5.73 Å². The number of amides is 2. The molecule has 2 aliphatic rings. The molecule has 1 saturated carbocycles. The van der Waals surface area contributed by atoms with E-state index in [1.54, 1.807) is 11.0 Å². The smallest absolute Gasteiger partial charge is 0.254 e. The summed E-state index contributed by atoms with van der Waals surface area (Å²) in [7, 11) is 0. The summed E-state index contributed by atoms with van der Waals surface area (Å²) in [5.41, 5.74) is 8.01. The van der Waals surface area contributed by atoms with Crippen molar-refractivity contribution < 1.29 is 9.59 Å². The number of likely N-dealkylation sites (N-methyl/N-ethyl adjacent to an activating group) is 1. The van der Waals surface area contributed by atoms with Crippen LogP contribution in [0.1, 0.15) is 35.7 Å². The summed E-state index contributed by atoms with van der Waals surface area (Å²) >= 11 is 0. The fourth-order valence-electron chi connectivity index (χ4n) is 2.97. The maximum absolute atomic E-state index is 12.5. The third-order valence-electron chi connectivity index (χ3n) is 4.28. The highest BCUT2D eigenvalue weighted by Crippen LogP contribution is 2.27. The van der Waals surface area contributed by atoms with Crippen LogP contribution in [-0.2, 0) is 11.2 Å². The number of hydrogen-bond donors (Lipinski definition) is 1. The van der Waals surface area contributed by atoms with Crippen molar-refractivity contribution in [3.05, 3.63) is 29.3 Å². The lowest BCUT2D eigenvalue weighted by Gasteiger charge is -2.30. The van der Waals surface area contributed by atoms with Crippen molar-refractivity contribution in [3.63, 3.8) is 0 Å². The standard InChI is InChI=1S/C16H21N3O2/c1-2-19(13-5-6-13)15(20)10-18-8-7-11-3-4-12(17)9-14(11)16(18)21/h3-4,9,13H,2,5-8,10,17H2,1H3. The predicted molar refractivity (Wildman–Crippen MR) is 80.9 cm³/mol. The van der Waals surface area contributed by atoms with Crippen LogP contribution < -0.4 is 5.73 Å². The number of benzene rings is 1. The van der Waals surface area contributed by atoms with Gasteiger partial charge >= 0.3 is 0 Å². The van der Waals surface area contributed by atoms with Crippen molar-refractivity contribution in [2.24, 2.45) is 0 Å². The SMILES string of the molecule is CCN(C(=O)CN1CCc2ccc(N)cc2C1=O)C1CC1. The van der Waals surface area contributed by atoms with Crippen LogP contribution in [0.25, 0.3) is 0 Å². The van der Waals surface area contributed by atoms with Gasteiger partial charge in [0.1, 0.15) is 6.54 Å². The highest BCUT2D eigenvalue weighted by Gasteiger charge is 2.33. The Morgan fingerprint density at radius 3 is 2.86 bits per heavy atom. The first-order chi connectivity index (χ1) is 10.1. The number of nitrogens with two attached hydrogens (primary N) is 1. The zero-order valence-electron chi connectivity index (χ0n) is 12.3. The van der Waals surface area contributed by atoms with Gasteiger partial charge < -0.3 is 15.5 Å². The maximum Gasteiger partial charge on any atom is 0.254 e. The summed E-state index contributed by atoms with van der Waals surface area (Å²) in [6.45, 7) is 3.49. The zero-order valence-corrected chi connectivity index (χ0v) is 12.3. The van der Waals surface area contributed by atoms with Crippen molar-refractivity contribution in [2.75, 3.05) is 25.4 Å². The molecule has 1 aromatic rings. The van der Waals surface area contributed by atoms with E-state index in [-0.39, 0.29) is 18.4 Å². The number of carbonyl (C=O) groups is 2. The summed E-state index contributed by atoms with van der Waals surface area (Å²) in [5.74, 6) is -0.0237. The Hall–Kier alpha value is -2.04. The van der Waals surface area contributed by atoms with Crippen molar-refractivity contribution in [1.29, 1.82) is 0 Å². The first-order valence-electron chi connectivity index (χ1n) is 7.57. The first-order valence-corrected chi connectivity index (χ1v) is 7.57. The molecule has 21 heavy (non-hydrogen) atoms. The molecule has 0 spiro atoms. The molecule has 112 valence electrons. The van der Waals surface area contributed by atoms with E-state index in [9.17, 15) is 9.59 Å². The summed E-state index contributed by atoms with van der Waals surface area (Å²) < 4.78 is 0. The molecule has 5 nitrogen and oxygen atoms in total. The summed E-state index contributed by atoms with van der Waals surface area (Å²) in [6.07, 6.45) is 2.96. The molecule has 1 aromatic carbocycles. The molecule has 1 fully saturated rings. The molecule has 2 amide bonds. The van der Waals surface area contributed by atoms with Gasteiger partial charge in [-0.05, 0) is 43.9 Å². The van der Waals surface area contributed by atoms with Crippen LogP contribution >= 0.6 is 0 Å². The molecule has 0 aromatic heterocycles. The average Bonchev–Trinajstić information content (AvgIpc) is 3.28. The Balaban J connectivity index is 1.72. The molecule has 0 bridgehead atoms. The fourth-order valence-corrected chi connectivity index (χ4v) is 2.97. The second-order valence-electron chi connectivity index (χ2n) is 5.80. The Morgan fingerprint density at radius 1 is 1.43 bits per heavy atom. The van der Waals surface area contributed by atoms with E-state index in [1.165, 1.54) is 0 Å². The molecule has 0 saturated heterocycles. The molecular weight excluding hydrogens is 266 g/mol. The highest BCUT2D eigenvalue weighted by molar-refractivity contribution is 5.99.